The first-order chi connectivity index (χ1) is 10.2. The Morgan fingerprint density at radius 3 is 2.57 bits per heavy atom. The first-order valence-corrected chi connectivity index (χ1v) is 8.79. The van der Waals surface area contributed by atoms with Gasteiger partial charge in [0.05, 0.1) is 0 Å². The Bertz CT molecular complexity index is 451. The van der Waals surface area contributed by atoms with Gasteiger partial charge in [-0.2, -0.15) is 0 Å². The molecule has 21 heavy (non-hydrogen) atoms. The van der Waals surface area contributed by atoms with Crippen LogP contribution in [0.25, 0.3) is 0 Å². The number of likely N-dealkylation sites (tertiary alicyclic amines) is 1. The molecule has 3 atom stereocenters. The summed E-state index contributed by atoms with van der Waals surface area (Å²) in [5.41, 5.74) is 2.85. The molecule has 1 aliphatic carbocycles. The van der Waals surface area contributed by atoms with E-state index in [1.54, 1.807) is 0 Å². The van der Waals surface area contributed by atoms with Crippen molar-refractivity contribution in [3.8, 4) is 0 Å². The molecule has 0 spiro atoms. The van der Waals surface area contributed by atoms with Crippen molar-refractivity contribution in [1.29, 1.82) is 0 Å². The topological polar surface area (TPSA) is 15.3 Å². The largest absolute Gasteiger partial charge is 0.382 e. The fourth-order valence-electron chi connectivity index (χ4n) is 3.88. The SMILES string of the molecule is CC1CCC(Nc2ccccc2CN2CCCC2)CC1C. The van der Waals surface area contributed by atoms with Crippen LogP contribution in [0.4, 0.5) is 5.69 Å². The second-order valence-electron chi connectivity index (χ2n) is 7.25. The van der Waals surface area contributed by atoms with E-state index < -0.39 is 0 Å². The summed E-state index contributed by atoms with van der Waals surface area (Å²) >= 11 is 0. The molecule has 1 heterocycles. The molecule has 0 radical (unpaired) electrons. The number of benzene rings is 1. The lowest BCUT2D eigenvalue weighted by molar-refractivity contribution is 0.260. The van der Waals surface area contributed by atoms with Crippen LogP contribution in [0.15, 0.2) is 24.3 Å². The van der Waals surface area contributed by atoms with Gasteiger partial charge in [0.15, 0.2) is 0 Å². The zero-order valence-electron chi connectivity index (χ0n) is 13.6. The highest BCUT2D eigenvalue weighted by molar-refractivity contribution is 5.51. The number of hydrogen-bond donors (Lipinski definition) is 1. The minimum atomic E-state index is 0.663. The molecule has 2 fully saturated rings. The van der Waals surface area contributed by atoms with Crippen LogP contribution in [0.2, 0.25) is 0 Å². The Balaban J connectivity index is 1.64. The monoisotopic (exact) mass is 286 g/mol. The van der Waals surface area contributed by atoms with Gasteiger partial charge in [0.1, 0.15) is 0 Å². The Labute approximate surface area is 129 Å². The fraction of sp³-hybridized carbons (Fsp3) is 0.684. The number of anilines is 1. The summed E-state index contributed by atoms with van der Waals surface area (Å²) in [7, 11) is 0. The van der Waals surface area contributed by atoms with Crippen molar-refractivity contribution in [3.05, 3.63) is 29.8 Å². The van der Waals surface area contributed by atoms with Gasteiger partial charge in [-0.25, -0.2) is 0 Å². The van der Waals surface area contributed by atoms with Crippen molar-refractivity contribution < 1.29 is 0 Å². The van der Waals surface area contributed by atoms with E-state index in [2.05, 4.69) is 48.3 Å². The smallest absolute Gasteiger partial charge is 0.0388 e. The van der Waals surface area contributed by atoms with Crippen molar-refractivity contribution in [2.24, 2.45) is 11.8 Å². The van der Waals surface area contributed by atoms with Gasteiger partial charge >= 0.3 is 0 Å². The van der Waals surface area contributed by atoms with E-state index in [4.69, 9.17) is 0 Å². The molecule has 0 bridgehead atoms. The van der Waals surface area contributed by atoms with Crippen molar-refractivity contribution in [2.75, 3.05) is 18.4 Å². The molecule has 1 N–H and O–H groups in total. The van der Waals surface area contributed by atoms with Gasteiger partial charge in [0, 0.05) is 18.3 Å². The van der Waals surface area contributed by atoms with E-state index in [9.17, 15) is 0 Å². The summed E-state index contributed by atoms with van der Waals surface area (Å²) in [5.74, 6) is 1.74. The molecule has 3 unspecified atom stereocenters. The van der Waals surface area contributed by atoms with Crippen LogP contribution < -0.4 is 5.32 Å². The van der Waals surface area contributed by atoms with E-state index in [0.29, 0.717) is 6.04 Å². The third-order valence-electron chi connectivity index (χ3n) is 5.57. The lowest BCUT2D eigenvalue weighted by Crippen LogP contribution is -2.31. The van der Waals surface area contributed by atoms with Gasteiger partial charge in [-0.15, -0.1) is 0 Å². The first kappa shape index (κ1) is 14.9. The number of nitrogens with zero attached hydrogens (tertiary/aromatic N) is 1. The number of rotatable bonds is 4. The highest BCUT2D eigenvalue weighted by Gasteiger charge is 2.25. The highest BCUT2D eigenvalue weighted by Crippen LogP contribution is 2.32. The minimum Gasteiger partial charge on any atom is -0.382 e. The number of nitrogens with one attached hydrogen (secondary N) is 1. The van der Waals surface area contributed by atoms with E-state index >= 15 is 0 Å². The Morgan fingerprint density at radius 2 is 1.81 bits per heavy atom. The maximum Gasteiger partial charge on any atom is 0.0388 e. The zero-order chi connectivity index (χ0) is 14.7. The summed E-state index contributed by atoms with van der Waals surface area (Å²) in [4.78, 5) is 2.59. The lowest BCUT2D eigenvalue weighted by atomic mass is 9.79. The summed E-state index contributed by atoms with van der Waals surface area (Å²) in [6, 6.07) is 9.59. The first-order valence-electron chi connectivity index (χ1n) is 8.79. The van der Waals surface area contributed by atoms with Crippen LogP contribution >= 0.6 is 0 Å². The summed E-state index contributed by atoms with van der Waals surface area (Å²) < 4.78 is 0. The molecule has 3 rings (SSSR count). The van der Waals surface area contributed by atoms with E-state index in [1.807, 2.05) is 0 Å². The quantitative estimate of drug-likeness (QED) is 0.875. The zero-order valence-corrected chi connectivity index (χ0v) is 13.6. The second-order valence-corrected chi connectivity index (χ2v) is 7.25. The van der Waals surface area contributed by atoms with Gasteiger partial charge < -0.3 is 5.32 Å². The number of hydrogen-bond acceptors (Lipinski definition) is 2. The summed E-state index contributed by atoms with van der Waals surface area (Å²) in [6.07, 6.45) is 6.75. The molecular weight excluding hydrogens is 256 g/mol. The molecule has 1 aliphatic heterocycles. The second kappa shape index (κ2) is 6.83. The predicted molar refractivity (Wildman–Crippen MR) is 90.5 cm³/mol. The van der Waals surface area contributed by atoms with Crippen molar-refractivity contribution in [1.82, 2.24) is 4.90 Å². The predicted octanol–water partition coefficient (Wildman–Crippen LogP) is 4.52. The standard InChI is InChI=1S/C19H30N2/c1-15-9-10-18(13-16(15)2)20-19-8-4-3-7-17(19)14-21-11-5-6-12-21/h3-4,7-8,15-16,18,20H,5-6,9-14H2,1-2H3. The molecule has 1 saturated heterocycles. The maximum absolute atomic E-state index is 3.85. The Kier molecular flexibility index (Phi) is 4.84. The molecule has 1 aromatic carbocycles. The molecule has 2 nitrogen and oxygen atoms in total. The molecule has 2 heteroatoms. The molecule has 0 amide bonds. The lowest BCUT2D eigenvalue weighted by Gasteiger charge is -2.33. The minimum absolute atomic E-state index is 0.663. The molecule has 1 saturated carbocycles. The van der Waals surface area contributed by atoms with Gasteiger partial charge in [0.2, 0.25) is 0 Å². The fourth-order valence-corrected chi connectivity index (χ4v) is 3.88. The molecular formula is C19H30N2. The van der Waals surface area contributed by atoms with E-state index in [1.165, 1.54) is 56.4 Å². The van der Waals surface area contributed by atoms with Crippen LogP contribution in [0.1, 0.15) is 51.5 Å². The van der Waals surface area contributed by atoms with Crippen molar-refractivity contribution >= 4 is 5.69 Å². The van der Waals surface area contributed by atoms with Crippen molar-refractivity contribution in [2.45, 2.75) is 58.5 Å². The van der Waals surface area contributed by atoms with Crippen LogP contribution in [0, 0.1) is 11.8 Å². The average Bonchev–Trinajstić information content (AvgIpc) is 2.98. The van der Waals surface area contributed by atoms with Gasteiger partial charge in [-0.3, -0.25) is 4.90 Å². The van der Waals surface area contributed by atoms with Crippen LogP contribution in [-0.4, -0.2) is 24.0 Å². The van der Waals surface area contributed by atoms with Crippen LogP contribution in [0.3, 0.4) is 0 Å². The van der Waals surface area contributed by atoms with Gasteiger partial charge in [0.25, 0.3) is 0 Å². The van der Waals surface area contributed by atoms with E-state index in [-0.39, 0.29) is 0 Å². The molecule has 116 valence electrons. The van der Waals surface area contributed by atoms with Crippen LogP contribution in [0.5, 0.6) is 0 Å². The van der Waals surface area contributed by atoms with Gasteiger partial charge in [-0.1, -0.05) is 32.0 Å². The number of para-hydroxylation sites is 1. The molecule has 2 aliphatic rings. The normalized spacial score (nSPS) is 30.5. The van der Waals surface area contributed by atoms with Crippen molar-refractivity contribution in [3.63, 3.8) is 0 Å². The third kappa shape index (κ3) is 3.79. The van der Waals surface area contributed by atoms with Gasteiger partial charge in [-0.05, 0) is 68.7 Å². The highest BCUT2D eigenvalue weighted by atomic mass is 15.1. The van der Waals surface area contributed by atoms with Crippen LogP contribution in [-0.2, 0) is 6.54 Å². The third-order valence-corrected chi connectivity index (χ3v) is 5.57. The maximum atomic E-state index is 3.85. The summed E-state index contributed by atoms with van der Waals surface area (Å²) in [5, 5.41) is 3.85. The Hall–Kier alpha value is -1.02. The Morgan fingerprint density at radius 1 is 1.05 bits per heavy atom. The van der Waals surface area contributed by atoms with E-state index in [0.717, 1.165) is 18.4 Å². The summed E-state index contributed by atoms with van der Waals surface area (Å²) in [6.45, 7) is 8.47. The average molecular weight is 286 g/mol. The molecule has 0 aromatic heterocycles. The molecule has 1 aromatic rings.